The van der Waals surface area contributed by atoms with E-state index in [1.54, 1.807) is 0 Å². The van der Waals surface area contributed by atoms with Gasteiger partial charge in [-0.3, -0.25) is 9.25 Å². The van der Waals surface area contributed by atoms with Crippen LogP contribution in [0.1, 0.15) is 38.9 Å². The third kappa shape index (κ3) is 3.06. The summed E-state index contributed by atoms with van der Waals surface area (Å²) in [5.41, 5.74) is 3.34. The standard InChI is InChI=1S/C15H27N5S/c1-7-8-11-13-14(19(6)17-11)20(15(21)16-13)12(10(2)3)9-18(4)5/h10,12H,7-9H2,1-6H3,(H,16,21). The number of likely N-dealkylation sites (N-methyl/N-ethyl adjacent to an activating group) is 1. The molecule has 2 aromatic rings. The van der Waals surface area contributed by atoms with Crippen LogP contribution in [0.15, 0.2) is 0 Å². The lowest BCUT2D eigenvalue weighted by Crippen LogP contribution is -2.28. The van der Waals surface area contributed by atoms with E-state index in [1.807, 2.05) is 11.7 Å². The quantitative estimate of drug-likeness (QED) is 0.834. The predicted molar refractivity (Wildman–Crippen MR) is 90.3 cm³/mol. The van der Waals surface area contributed by atoms with Gasteiger partial charge in [-0.15, -0.1) is 0 Å². The molecule has 6 heteroatoms. The van der Waals surface area contributed by atoms with Gasteiger partial charge in [0.25, 0.3) is 0 Å². The molecule has 0 aromatic carbocycles. The highest BCUT2D eigenvalue weighted by Crippen LogP contribution is 2.27. The van der Waals surface area contributed by atoms with Gasteiger partial charge < -0.3 is 9.88 Å². The fraction of sp³-hybridized carbons (Fsp3) is 0.733. The molecule has 1 atom stereocenters. The summed E-state index contributed by atoms with van der Waals surface area (Å²) in [6, 6.07) is 0.339. The lowest BCUT2D eigenvalue weighted by molar-refractivity contribution is 0.270. The van der Waals surface area contributed by atoms with Crippen LogP contribution in [0.5, 0.6) is 0 Å². The molecule has 21 heavy (non-hydrogen) atoms. The summed E-state index contributed by atoms with van der Waals surface area (Å²) < 4.78 is 5.02. The van der Waals surface area contributed by atoms with Crippen molar-refractivity contribution in [3.8, 4) is 0 Å². The lowest BCUT2D eigenvalue weighted by atomic mass is 10.0. The monoisotopic (exact) mass is 309 g/mol. The van der Waals surface area contributed by atoms with Crippen LogP contribution in [-0.4, -0.2) is 44.9 Å². The minimum Gasteiger partial charge on any atom is -0.328 e. The van der Waals surface area contributed by atoms with Crippen molar-refractivity contribution in [2.45, 2.75) is 39.7 Å². The van der Waals surface area contributed by atoms with Crippen LogP contribution in [0.3, 0.4) is 0 Å². The second-order valence-electron chi connectivity index (χ2n) is 6.39. The van der Waals surface area contributed by atoms with Crippen LogP contribution in [0.25, 0.3) is 11.2 Å². The Morgan fingerprint density at radius 1 is 1.33 bits per heavy atom. The van der Waals surface area contributed by atoms with Crippen molar-refractivity contribution in [2.24, 2.45) is 13.0 Å². The van der Waals surface area contributed by atoms with Crippen LogP contribution >= 0.6 is 12.2 Å². The maximum absolute atomic E-state index is 5.61. The summed E-state index contributed by atoms with van der Waals surface area (Å²) in [6.07, 6.45) is 2.07. The molecule has 1 N–H and O–H groups in total. The largest absolute Gasteiger partial charge is 0.328 e. The Morgan fingerprint density at radius 3 is 2.52 bits per heavy atom. The van der Waals surface area contributed by atoms with E-state index in [-0.39, 0.29) is 0 Å². The molecule has 0 saturated carbocycles. The highest BCUT2D eigenvalue weighted by Gasteiger charge is 2.23. The topological polar surface area (TPSA) is 41.8 Å². The van der Waals surface area contributed by atoms with Crippen molar-refractivity contribution >= 4 is 23.4 Å². The molecular weight excluding hydrogens is 282 g/mol. The average Bonchev–Trinajstić information content (AvgIpc) is 2.85. The number of hydrogen-bond donors (Lipinski definition) is 1. The minimum atomic E-state index is 0.339. The zero-order valence-electron chi connectivity index (χ0n) is 14.0. The number of nitrogens with zero attached hydrogens (tertiary/aromatic N) is 4. The van der Waals surface area contributed by atoms with Crippen LogP contribution in [0, 0.1) is 10.7 Å². The molecule has 1 unspecified atom stereocenters. The number of aromatic nitrogens is 4. The third-order valence-electron chi connectivity index (χ3n) is 3.91. The molecule has 0 aliphatic carbocycles. The fourth-order valence-electron chi connectivity index (χ4n) is 2.92. The van der Waals surface area contributed by atoms with E-state index in [0.717, 1.165) is 41.0 Å². The van der Waals surface area contributed by atoms with E-state index >= 15 is 0 Å². The van der Waals surface area contributed by atoms with Gasteiger partial charge in [0.2, 0.25) is 0 Å². The van der Waals surface area contributed by atoms with Crippen LogP contribution in [0.2, 0.25) is 0 Å². The Morgan fingerprint density at radius 2 is 2.00 bits per heavy atom. The number of aromatic amines is 1. The summed E-state index contributed by atoms with van der Waals surface area (Å²) in [7, 11) is 6.22. The van der Waals surface area contributed by atoms with Crippen molar-refractivity contribution in [3.05, 3.63) is 10.5 Å². The Hall–Kier alpha value is -1.14. The molecule has 2 aromatic heterocycles. The van der Waals surface area contributed by atoms with Crippen molar-refractivity contribution in [3.63, 3.8) is 0 Å². The highest BCUT2D eigenvalue weighted by atomic mass is 32.1. The summed E-state index contributed by atoms with van der Waals surface area (Å²) in [5.74, 6) is 0.502. The van der Waals surface area contributed by atoms with Crippen LogP contribution < -0.4 is 0 Å². The van der Waals surface area contributed by atoms with Crippen LogP contribution in [0.4, 0.5) is 0 Å². The number of imidazole rings is 1. The van der Waals surface area contributed by atoms with E-state index in [2.05, 4.69) is 54.4 Å². The Balaban J connectivity index is 2.62. The van der Waals surface area contributed by atoms with E-state index in [9.17, 15) is 0 Å². The molecule has 0 spiro atoms. The Bertz CT molecular complexity index is 661. The van der Waals surface area contributed by atoms with Gasteiger partial charge in [0, 0.05) is 13.6 Å². The van der Waals surface area contributed by atoms with Crippen LogP contribution in [-0.2, 0) is 13.5 Å². The third-order valence-corrected chi connectivity index (χ3v) is 4.21. The van der Waals surface area contributed by atoms with E-state index in [4.69, 9.17) is 12.2 Å². The van der Waals surface area contributed by atoms with Gasteiger partial charge in [0.15, 0.2) is 10.4 Å². The number of nitrogens with one attached hydrogen (secondary N) is 1. The molecule has 2 rings (SSSR count). The Labute approximate surface area is 131 Å². The van der Waals surface area contributed by atoms with Crippen molar-refractivity contribution in [1.82, 2.24) is 24.2 Å². The first-order valence-corrected chi connectivity index (χ1v) is 8.08. The number of hydrogen-bond acceptors (Lipinski definition) is 3. The molecular formula is C15H27N5S. The highest BCUT2D eigenvalue weighted by molar-refractivity contribution is 7.71. The first kappa shape index (κ1) is 16.2. The van der Waals surface area contributed by atoms with E-state index in [1.165, 1.54) is 0 Å². The smallest absolute Gasteiger partial charge is 0.179 e. The average molecular weight is 309 g/mol. The number of rotatable bonds is 6. The summed E-state index contributed by atoms with van der Waals surface area (Å²) in [6.45, 7) is 7.64. The maximum Gasteiger partial charge on any atom is 0.179 e. The van der Waals surface area contributed by atoms with Gasteiger partial charge in [-0.1, -0.05) is 27.2 Å². The van der Waals surface area contributed by atoms with Crippen molar-refractivity contribution in [1.29, 1.82) is 0 Å². The predicted octanol–water partition coefficient (Wildman–Crippen LogP) is 3.14. The molecule has 0 radical (unpaired) electrons. The molecule has 0 saturated heterocycles. The van der Waals surface area contributed by atoms with Crippen molar-refractivity contribution in [2.75, 3.05) is 20.6 Å². The van der Waals surface area contributed by atoms with Gasteiger partial charge in [-0.05, 0) is 38.7 Å². The zero-order valence-corrected chi connectivity index (χ0v) is 14.8. The molecule has 0 aliphatic rings. The molecule has 0 aliphatic heterocycles. The second-order valence-corrected chi connectivity index (χ2v) is 6.78. The minimum absolute atomic E-state index is 0.339. The molecule has 0 bridgehead atoms. The van der Waals surface area contributed by atoms with Crippen molar-refractivity contribution < 1.29 is 0 Å². The summed E-state index contributed by atoms with van der Waals surface area (Å²) in [4.78, 5) is 5.60. The van der Waals surface area contributed by atoms with Gasteiger partial charge in [-0.25, -0.2) is 0 Å². The van der Waals surface area contributed by atoms with Gasteiger partial charge in [0.1, 0.15) is 5.52 Å². The van der Waals surface area contributed by atoms with E-state index in [0.29, 0.717) is 12.0 Å². The zero-order chi connectivity index (χ0) is 15.7. The van der Waals surface area contributed by atoms with E-state index < -0.39 is 0 Å². The first-order chi connectivity index (χ1) is 9.86. The number of aryl methyl sites for hydroxylation is 2. The maximum atomic E-state index is 5.61. The van der Waals surface area contributed by atoms with Gasteiger partial charge in [-0.2, -0.15) is 5.10 Å². The Kier molecular flexibility index (Phi) is 4.88. The first-order valence-electron chi connectivity index (χ1n) is 7.67. The molecule has 5 nitrogen and oxygen atoms in total. The second kappa shape index (κ2) is 6.32. The SMILES string of the molecule is CCCc1nn(C)c2c1[nH]c(=S)n2C(CN(C)C)C(C)C. The molecule has 0 fully saturated rings. The fourth-order valence-corrected chi connectivity index (χ4v) is 3.25. The molecule has 2 heterocycles. The number of H-pyrrole nitrogens is 1. The summed E-state index contributed by atoms with van der Waals surface area (Å²) >= 11 is 5.61. The number of fused-ring (bicyclic) bond motifs is 1. The molecule has 0 amide bonds. The molecule has 118 valence electrons. The lowest BCUT2D eigenvalue weighted by Gasteiger charge is -2.26. The van der Waals surface area contributed by atoms with Gasteiger partial charge in [0.05, 0.1) is 11.7 Å². The van der Waals surface area contributed by atoms with Gasteiger partial charge >= 0.3 is 0 Å². The normalized spacial score (nSPS) is 13.7. The summed E-state index contributed by atoms with van der Waals surface area (Å²) in [5, 5.41) is 4.67.